The Morgan fingerprint density at radius 2 is 1.71 bits per heavy atom. The molecular weight excluding hydrogens is 263 g/mol. The third-order valence-electron chi connectivity index (χ3n) is 4.66. The van der Waals surface area contributed by atoms with Crippen LogP contribution in [0.5, 0.6) is 0 Å². The molecule has 0 bridgehead atoms. The Hall–Kier alpha value is -0.930. The lowest BCUT2D eigenvalue weighted by molar-refractivity contribution is 0.0855. The van der Waals surface area contributed by atoms with Gasteiger partial charge >= 0.3 is 0 Å². The van der Waals surface area contributed by atoms with Crippen LogP contribution in [-0.2, 0) is 5.54 Å². The molecule has 0 fully saturated rings. The van der Waals surface area contributed by atoms with Gasteiger partial charge in [-0.05, 0) is 31.5 Å². The van der Waals surface area contributed by atoms with Crippen LogP contribution >= 0.6 is 0 Å². The minimum Gasteiger partial charge on any atom is -0.320 e. The SMILES string of the molecule is CCCC(N(CC)CC)C(N)(c1ccccc1F)C(C)C. The zero-order chi connectivity index (χ0) is 16.0. The van der Waals surface area contributed by atoms with E-state index in [1.54, 1.807) is 6.07 Å². The summed E-state index contributed by atoms with van der Waals surface area (Å²) in [7, 11) is 0. The Labute approximate surface area is 129 Å². The van der Waals surface area contributed by atoms with Crippen molar-refractivity contribution in [2.75, 3.05) is 13.1 Å². The first-order valence-corrected chi connectivity index (χ1v) is 8.21. The lowest BCUT2D eigenvalue weighted by Gasteiger charge is -2.46. The molecule has 0 amide bonds. The van der Waals surface area contributed by atoms with Crippen molar-refractivity contribution < 1.29 is 4.39 Å². The van der Waals surface area contributed by atoms with Crippen LogP contribution in [0.2, 0.25) is 0 Å². The van der Waals surface area contributed by atoms with Crippen molar-refractivity contribution in [1.82, 2.24) is 4.90 Å². The first kappa shape index (κ1) is 18.1. The monoisotopic (exact) mass is 294 g/mol. The van der Waals surface area contributed by atoms with Crippen molar-refractivity contribution in [3.63, 3.8) is 0 Å². The van der Waals surface area contributed by atoms with Gasteiger partial charge in [0.05, 0.1) is 5.54 Å². The van der Waals surface area contributed by atoms with Crippen molar-refractivity contribution in [2.45, 2.75) is 59.0 Å². The van der Waals surface area contributed by atoms with Crippen LogP contribution in [0.15, 0.2) is 24.3 Å². The molecule has 0 radical (unpaired) electrons. The van der Waals surface area contributed by atoms with Gasteiger partial charge in [0.2, 0.25) is 0 Å². The van der Waals surface area contributed by atoms with Gasteiger partial charge in [-0.2, -0.15) is 0 Å². The second-order valence-corrected chi connectivity index (χ2v) is 6.09. The van der Waals surface area contributed by atoms with E-state index in [4.69, 9.17) is 5.73 Å². The van der Waals surface area contributed by atoms with Gasteiger partial charge in [0.15, 0.2) is 0 Å². The number of nitrogens with two attached hydrogens (primary N) is 1. The summed E-state index contributed by atoms with van der Waals surface area (Å²) >= 11 is 0. The first-order valence-electron chi connectivity index (χ1n) is 8.21. The van der Waals surface area contributed by atoms with Crippen LogP contribution in [0, 0.1) is 11.7 Å². The first-order chi connectivity index (χ1) is 9.93. The van der Waals surface area contributed by atoms with E-state index in [2.05, 4.69) is 39.5 Å². The second-order valence-electron chi connectivity index (χ2n) is 6.09. The molecule has 3 heteroatoms. The molecule has 0 spiro atoms. The Morgan fingerprint density at radius 3 is 2.14 bits per heavy atom. The molecule has 1 aromatic rings. The molecule has 2 nitrogen and oxygen atoms in total. The highest BCUT2D eigenvalue weighted by Crippen LogP contribution is 2.36. The van der Waals surface area contributed by atoms with E-state index in [0.717, 1.165) is 25.9 Å². The Morgan fingerprint density at radius 1 is 1.14 bits per heavy atom. The number of hydrogen-bond acceptors (Lipinski definition) is 2. The van der Waals surface area contributed by atoms with Crippen LogP contribution in [-0.4, -0.2) is 24.0 Å². The average Bonchev–Trinajstić information content (AvgIpc) is 2.47. The highest BCUT2D eigenvalue weighted by Gasteiger charge is 2.42. The molecule has 2 atom stereocenters. The van der Waals surface area contributed by atoms with Crippen molar-refractivity contribution in [2.24, 2.45) is 11.7 Å². The fourth-order valence-corrected chi connectivity index (χ4v) is 3.35. The molecule has 120 valence electrons. The minimum absolute atomic E-state index is 0.148. The van der Waals surface area contributed by atoms with Gasteiger partial charge in [-0.15, -0.1) is 0 Å². The average molecular weight is 294 g/mol. The highest BCUT2D eigenvalue weighted by atomic mass is 19.1. The van der Waals surface area contributed by atoms with Crippen LogP contribution in [0.3, 0.4) is 0 Å². The summed E-state index contributed by atoms with van der Waals surface area (Å²) in [4.78, 5) is 2.37. The lowest BCUT2D eigenvalue weighted by atomic mass is 9.72. The zero-order valence-electron chi connectivity index (χ0n) is 14.2. The van der Waals surface area contributed by atoms with Gasteiger partial charge in [-0.25, -0.2) is 4.39 Å². The van der Waals surface area contributed by atoms with E-state index >= 15 is 0 Å². The van der Waals surface area contributed by atoms with Crippen molar-refractivity contribution in [3.05, 3.63) is 35.6 Å². The van der Waals surface area contributed by atoms with E-state index < -0.39 is 5.54 Å². The fraction of sp³-hybridized carbons (Fsp3) is 0.667. The maximum atomic E-state index is 14.4. The molecule has 0 aliphatic rings. The molecule has 1 aromatic carbocycles. The summed E-state index contributed by atoms with van der Waals surface area (Å²) in [5.74, 6) is -0.0338. The molecule has 1 rings (SSSR count). The largest absolute Gasteiger partial charge is 0.320 e. The predicted octanol–water partition coefficient (Wildman–Crippen LogP) is 4.15. The summed E-state index contributed by atoms with van der Waals surface area (Å²) in [5.41, 5.74) is 6.83. The van der Waals surface area contributed by atoms with Crippen molar-refractivity contribution >= 4 is 0 Å². The molecule has 0 saturated carbocycles. The summed E-state index contributed by atoms with van der Waals surface area (Å²) in [6.07, 6.45) is 2.02. The molecule has 2 N–H and O–H groups in total. The Balaban J connectivity index is 3.39. The fourth-order valence-electron chi connectivity index (χ4n) is 3.35. The van der Waals surface area contributed by atoms with Crippen LogP contribution in [0.25, 0.3) is 0 Å². The third kappa shape index (κ3) is 3.64. The Bertz CT molecular complexity index is 429. The molecule has 2 unspecified atom stereocenters. The van der Waals surface area contributed by atoms with Crippen LogP contribution in [0.1, 0.15) is 53.0 Å². The number of nitrogens with zero attached hydrogens (tertiary/aromatic N) is 1. The predicted molar refractivity (Wildman–Crippen MR) is 88.7 cm³/mol. The molecule has 21 heavy (non-hydrogen) atoms. The number of hydrogen-bond donors (Lipinski definition) is 1. The third-order valence-corrected chi connectivity index (χ3v) is 4.66. The summed E-state index contributed by atoms with van der Waals surface area (Å²) in [5, 5.41) is 0. The van der Waals surface area contributed by atoms with E-state index in [1.807, 2.05) is 12.1 Å². The van der Waals surface area contributed by atoms with Crippen LogP contribution in [0.4, 0.5) is 4.39 Å². The summed E-state index contributed by atoms with van der Waals surface area (Å²) < 4.78 is 14.4. The molecule has 0 aliphatic heterocycles. The van der Waals surface area contributed by atoms with Crippen LogP contribution < -0.4 is 5.73 Å². The topological polar surface area (TPSA) is 29.3 Å². The highest BCUT2D eigenvalue weighted by molar-refractivity contribution is 5.29. The quantitative estimate of drug-likeness (QED) is 0.780. The van der Waals surface area contributed by atoms with Gasteiger partial charge in [0.25, 0.3) is 0 Å². The summed E-state index contributed by atoms with van der Waals surface area (Å²) in [6.45, 7) is 12.5. The number of likely N-dealkylation sites (N-methyl/N-ethyl adjacent to an activating group) is 1. The van der Waals surface area contributed by atoms with E-state index in [1.165, 1.54) is 6.07 Å². The van der Waals surface area contributed by atoms with E-state index in [0.29, 0.717) is 5.56 Å². The van der Waals surface area contributed by atoms with Gasteiger partial charge in [0, 0.05) is 11.6 Å². The molecule has 0 aromatic heterocycles. The van der Waals surface area contributed by atoms with E-state index in [9.17, 15) is 4.39 Å². The normalized spacial score (nSPS) is 16.2. The second kappa shape index (κ2) is 7.90. The van der Waals surface area contributed by atoms with Gasteiger partial charge in [0.1, 0.15) is 5.82 Å². The standard InChI is InChI=1S/C18H31FN2/c1-6-11-17(21(7-2)8-3)18(20,14(4)5)15-12-9-10-13-16(15)19/h9-10,12-14,17H,6-8,11,20H2,1-5H3. The lowest BCUT2D eigenvalue weighted by Crippen LogP contribution is -2.59. The minimum atomic E-state index is -0.673. The maximum Gasteiger partial charge on any atom is 0.128 e. The number of rotatable bonds is 8. The molecular formula is C18H31FN2. The van der Waals surface area contributed by atoms with Crippen molar-refractivity contribution in [1.29, 1.82) is 0 Å². The molecule has 0 saturated heterocycles. The molecule has 0 aliphatic carbocycles. The zero-order valence-corrected chi connectivity index (χ0v) is 14.2. The maximum absolute atomic E-state index is 14.4. The smallest absolute Gasteiger partial charge is 0.128 e. The Kier molecular flexibility index (Phi) is 6.82. The summed E-state index contributed by atoms with van der Waals surface area (Å²) in [6, 6.07) is 7.13. The van der Waals surface area contributed by atoms with Crippen molar-refractivity contribution in [3.8, 4) is 0 Å². The number of halogens is 1. The van der Waals surface area contributed by atoms with Gasteiger partial charge < -0.3 is 5.73 Å². The van der Waals surface area contributed by atoms with Gasteiger partial charge in [-0.3, -0.25) is 4.90 Å². The molecule has 0 heterocycles. The van der Waals surface area contributed by atoms with E-state index in [-0.39, 0.29) is 17.8 Å². The van der Waals surface area contributed by atoms with Gasteiger partial charge in [-0.1, -0.05) is 59.2 Å². The number of benzene rings is 1.